The minimum absolute atomic E-state index is 0.0606. The molecule has 1 aromatic rings. The number of hydrogen-bond donors (Lipinski definition) is 0. The van der Waals surface area contributed by atoms with Gasteiger partial charge in [0.1, 0.15) is 0 Å². The van der Waals surface area contributed by atoms with Gasteiger partial charge in [-0.2, -0.15) is 0 Å². The molecule has 1 amide bonds. The van der Waals surface area contributed by atoms with E-state index in [-0.39, 0.29) is 24.3 Å². The third kappa shape index (κ3) is 5.30. The van der Waals surface area contributed by atoms with Gasteiger partial charge < -0.3 is 9.64 Å². The summed E-state index contributed by atoms with van der Waals surface area (Å²) in [6.07, 6.45) is 10.1. The number of hydrogen-bond acceptors (Lipinski definition) is 4. The quantitative estimate of drug-likeness (QED) is 0.576. The van der Waals surface area contributed by atoms with E-state index >= 15 is 0 Å². The number of carbonyl (C=O) groups is 2. The molecule has 0 aromatic carbocycles. The van der Waals surface area contributed by atoms with Gasteiger partial charge >= 0.3 is 5.97 Å². The lowest BCUT2D eigenvalue weighted by molar-refractivity contribution is -0.140. The van der Waals surface area contributed by atoms with Gasteiger partial charge in [0, 0.05) is 29.5 Å². The van der Waals surface area contributed by atoms with Crippen LogP contribution in [0.4, 0.5) is 0 Å². The highest BCUT2D eigenvalue weighted by molar-refractivity contribution is 9.10. The molecular formula is C17H23BrN2O3. The number of nitrogens with zero attached hydrogens (tertiary/aromatic N) is 2. The zero-order valence-electron chi connectivity index (χ0n) is 13.5. The van der Waals surface area contributed by atoms with E-state index in [0.717, 1.165) is 30.2 Å². The Bertz CT molecular complexity index is 542. The maximum atomic E-state index is 12.9. The molecule has 6 heteroatoms. The van der Waals surface area contributed by atoms with Gasteiger partial charge in [0.15, 0.2) is 0 Å². The van der Waals surface area contributed by atoms with Crippen LogP contribution in [0, 0.1) is 0 Å². The SMILES string of the molecule is COC(=O)CCN(C(=O)c1cncc(Br)c1)C1CCCCCC1. The van der Waals surface area contributed by atoms with E-state index in [9.17, 15) is 9.59 Å². The molecule has 0 radical (unpaired) electrons. The Hall–Kier alpha value is -1.43. The third-order valence-electron chi connectivity index (χ3n) is 4.26. The van der Waals surface area contributed by atoms with Gasteiger partial charge in [-0.3, -0.25) is 14.6 Å². The van der Waals surface area contributed by atoms with Crippen LogP contribution in [-0.4, -0.2) is 41.5 Å². The second-order valence-corrected chi connectivity index (χ2v) is 6.78. The molecule has 126 valence electrons. The van der Waals surface area contributed by atoms with Gasteiger partial charge in [0.05, 0.1) is 19.1 Å². The number of carbonyl (C=O) groups excluding carboxylic acids is 2. The first kappa shape index (κ1) is 17.9. The van der Waals surface area contributed by atoms with E-state index in [1.807, 2.05) is 4.90 Å². The number of rotatable bonds is 5. The zero-order chi connectivity index (χ0) is 16.7. The number of aromatic nitrogens is 1. The van der Waals surface area contributed by atoms with Crippen molar-refractivity contribution in [2.75, 3.05) is 13.7 Å². The Morgan fingerprint density at radius 1 is 1.26 bits per heavy atom. The van der Waals surface area contributed by atoms with Crippen LogP contribution in [0.25, 0.3) is 0 Å². The topological polar surface area (TPSA) is 59.5 Å². The van der Waals surface area contributed by atoms with E-state index in [0.29, 0.717) is 12.1 Å². The first-order chi connectivity index (χ1) is 11.1. The molecule has 0 N–H and O–H groups in total. The average molecular weight is 383 g/mol. The van der Waals surface area contributed by atoms with Gasteiger partial charge in [0.25, 0.3) is 5.91 Å². The third-order valence-corrected chi connectivity index (χ3v) is 4.70. The van der Waals surface area contributed by atoms with Crippen LogP contribution in [0.2, 0.25) is 0 Å². The van der Waals surface area contributed by atoms with Gasteiger partial charge in [-0.25, -0.2) is 0 Å². The molecule has 0 saturated heterocycles. The molecule has 1 aliphatic carbocycles. The van der Waals surface area contributed by atoms with Crippen LogP contribution in [-0.2, 0) is 9.53 Å². The van der Waals surface area contributed by atoms with E-state index in [4.69, 9.17) is 4.74 Å². The molecule has 0 spiro atoms. The summed E-state index contributed by atoms with van der Waals surface area (Å²) in [7, 11) is 1.37. The summed E-state index contributed by atoms with van der Waals surface area (Å²) in [5.41, 5.74) is 0.550. The highest BCUT2D eigenvalue weighted by Crippen LogP contribution is 2.24. The molecule has 0 bridgehead atoms. The van der Waals surface area contributed by atoms with Crippen molar-refractivity contribution >= 4 is 27.8 Å². The molecule has 0 unspecified atom stereocenters. The van der Waals surface area contributed by atoms with Crippen LogP contribution >= 0.6 is 15.9 Å². The Morgan fingerprint density at radius 2 is 1.96 bits per heavy atom. The van der Waals surface area contributed by atoms with Crippen molar-refractivity contribution in [3.8, 4) is 0 Å². The van der Waals surface area contributed by atoms with E-state index in [2.05, 4.69) is 20.9 Å². The van der Waals surface area contributed by atoms with Gasteiger partial charge in [-0.05, 0) is 34.8 Å². The monoisotopic (exact) mass is 382 g/mol. The minimum atomic E-state index is -0.288. The molecule has 1 fully saturated rings. The zero-order valence-corrected chi connectivity index (χ0v) is 15.0. The van der Waals surface area contributed by atoms with E-state index in [1.165, 1.54) is 20.0 Å². The summed E-state index contributed by atoms with van der Waals surface area (Å²) in [4.78, 5) is 30.3. The van der Waals surface area contributed by atoms with Crippen LogP contribution in [0.1, 0.15) is 55.3 Å². The number of halogens is 1. The molecule has 5 nitrogen and oxygen atoms in total. The molecule has 1 saturated carbocycles. The minimum Gasteiger partial charge on any atom is -0.469 e. The van der Waals surface area contributed by atoms with Crippen LogP contribution < -0.4 is 0 Å². The second-order valence-electron chi connectivity index (χ2n) is 5.86. The fourth-order valence-corrected chi connectivity index (χ4v) is 3.39. The lowest BCUT2D eigenvalue weighted by atomic mass is 10.1. The standard InChI is InChI=1S/C17H23BrN2O3/c1-23-16(21)8-9-20(15-6-4-2-3-5-7-15)17(22)13-10-14(18)12-19-11-13/h10-12,15H,2-9H2,1H3. The number of amides is 1. The molecule has 1 aliphatic rings. The largest absolute Gasteiger partial charge is 0.469 e. The van der Waals surface area contributed by atoms with Crippen LogP contribution in [0.15, 0.2) is 22.9 Å². The van der Waals surface area contributed by atoms with Crippen molar-refractivity contribution in [1.29, 1.82) is 0 Å². The van der Waals surface area contributed by atoms with E-state index in [1.54, 1.807) is 18.5 Å². The number of esters is 1. The summed E-state index contributed by atoms with van der Waals surface area (Å²) >= 11 is 3.35. The molecule has 0 atom stereocenters. The molecule has 1 heterocycles. The van der Waals surface area contributed by atoms with Crippen molar-refractivity contribution in [3.63, 3.8) is 0 Å². The smallest absolute Gasteiger partial charge is 0.307 e. The normalized spacial score (nSPS) is 15.7. The highest BCUT2D eigenvalue weighted by Gasteiger charge is 2.26. The first-order valence-electron chi connectivity index (χ1n) is 8.10. The Labute approximate surface area is 145 Å². The number of methoxy groups -OCH3 is 1. The van der Waals surface area contributed by atoms with Gasteiger partial charge in [-0.15, -0.1) is 0 Å². The first-order valence-corrected chi connectivity index (χ1v) is 8.89. The van der Waals surface area contributed by atoms with Crippen molar-refractivity contribution < 1.29 is 14.3 Å². The van der Waals surface area contributed by atoms with Gasteiger partial charge in [0.2, 0.25) is 0 Å². The molecule has 0 aliphatic heterocycles. The average Bonchev–Trinajstić information content (AvgIpc) is 2.84. The second kappa shape index (κ2) is 9.01. The van der Waals surface area contributed by atoms with Crippen molar-refractivity contribution in [2.45, 2.75) is 51.0 Å². The van der Waals surface area contributed by atoms with E-state index < -0.39 is 0 Å². The van der Waals surface area contributed by atoms with Gasteiger partial charge in [-0.1, -0.05) is 25.7 Å². The van der Waals surface area contributed by atoms with Crippen molar-refractivity contribution in [1.82, 2.24) is 9.88 Å². The fraction of sp³-hybridized carbons (Fsp3) is 0.588. The summed E-state index contributed by atoms with van der Waals surface area (Å²) in [6.45, 7) is 0.392. The molecule has 1 aromatic heterocycles. The molecule has 23 heavy (non-hydrogen) atoms. The predicted octanol–water partition coefficient (Wildman–Crippen LogP) is 3.57. The highest BCUT2D eigenvalue weighted by atomic mass is 79.9. The Kier molecular flexibility index (Phi) is 7.02. The van der Waals surface area contributed by atoms with Crippen molar-refractivity contribution in [2.24, 2.45) is 0 Å². The lowest BCUT2D eigenvalue weighted by Crippen LogP contribution is -2.41. The maximum absolute atomic E-state index is 12.9. The van der Waals surface area contributed by atoms with Crippen LogP contribution in [0.5, 0.6) is 0 Å². The lowest BCUT2D eigenvalue weighted by Gasteiger charge is -2.31. The summed E-state index contributed by atoms with van der Waals surface area (Å²) in [5.74, 6) is -0.349. The summed E-state index contributed by atoms with van der Waals surface area (Å²) in [6, 6.07) is 1.96. The van der Waals surface area contributed by atoms with Crippen LogP contribution in [0.3, 0.4) is 0 Å². The summed E-state index contributed by atoms with van der Waals surface area (Å²) in [5, 5.41) is 0. The molecule has 2 rings (SSSR count). The predicted molar refractivity (Wildman–Crippen MR) is 91.1 cm³/mol. The fourth-order valence-electron chi connectivity index (χ4n) is 3.03. The van der Waals surface area contributed by atoms with Crippen molar-refractivity contribution in [3.05, 3.63) is 28.5 Å². The number of ether oxygens (including phenoxy) is 1. The molecular weight excluding hydrogens is 360 g/mol. The Morgan fingerprint density at radius 3 is 2.57 bits per heavy atom. The maximum Gasteiger partial charge on any atom is 0.307 e. The number of pyridine rings is 1. The Balaban J connectivity index is 2.16. The summed E-state index contributed by atoms with van der Waals surface area (Å²) < 4.78 is 5.50.